The molecule has 0 saturated heterocycles. The van der Waals surface area contributed by atoms with Crippen LogP contribution in [0.2, 0.25) is 5.02 Å². The Bertz CT molecular complexity index is 569. The minimum atomic E-state index is 0.0236. The lowest BCUT2D eigenvalue weighted by molar-refractivity contribution is 0.263. The first-order chi connectivity index (χ1) is 9.63. The van der Waals surface area contributed by atoms with Crippen molar-refractivity contribution in [1.82, 2.24) is 0 Å². The van der Waals surface area contributed by atoms with Crippen LogP contribution in [0.25, 0.3) is 0 Å². The largest absolute Gasteiger partial charge is 0.496 e. The zero-order chi connectivity index (χ0) is 14.5. The summed E-state index contributed by atoms with van der Waals surface area (Å²) in [7, 11) is 1.66. The van der Waals surface area contributed by atoms with E-state index in [0.717, 1.165) is 21.3 Å². The summed E-state index contributed by atoms with van der Waals surface area (Å²) >= 11 is 9.37. The summed E-state index contributed by atoms with van der Waals surface area (Å²) in [5.41, 5.74) is 2.13. The molecule has 2 rings (SSSR count). The third kappa shape index (κ3) is 3.75. The van der Waals surface area contributed by atoms with Crippen LogP contribution in [-0.4, -0.2) is 18.8 Å². The Hall–Kier alpha value is -1.03. The molecule has 0 heterocycles. The predicted molar refractivity (Wildman–Crippen MR) is 85.7 cm³/mol. The summed E-state index contributed by atoms with van der Waals surface area (Å²) in [5.74, 6) is 0.857. The number of ether oxygens (including phenoxy) is 1. The number of hydrogen-bond acceptors (Lipinski definition) is 2. The van der Waals surface area contributed by atoms with Crippen molar-refractivity contribution in [2.75, 3.05) is 13.7 Å². The summed E-state index contributed by atoms with van der Waals surface area (Å²) in [6.07, 6.45) is 0.709. The first kappa shape index (κ1) is 15.4. The van der Waals surface area contributed by atoms with E-state index in [1.165, 1.54) is 0 Å². The predicted octanol–water partition coefficient (Wildman–Crippen LogP) is 4.43. The van der Waals surface area contributed by atoms with Crippen LogP contribution in [-0.2, 0) is 6.42 Å². The standard InChI is InChI=1S/C16H16BrClO2/c1-20-16-7-4-14(17)9-12(16)8-13(10-19)11-2-5-15(18)6-3-11/h2-7,9,13,19H,8,10H2,1H3. The van der Waals surface area contributed by atoms with Gasteiger partial charge in [0.05, 0.1) is 13.7 Å². The van der Waals surface area contributed by atoms with Crippen molar-refractivity contribution in [2.24, 2.45) is 0 Å². The molecule has 1 unspecified atom stereocenters. The lowest BCUT2D eigenvalue weighted by atomic mass is 9.92. The molecule has 0 spiro atoms. The zero-order valence-corrected chi connectivity index (χ0v) is 13.5. The van der Waals surface area contributed by atoms with E-state index in [9.17, 15) is 5.11 Å². The number of methoxy groups -OCH3 is 1. The minimum absolute atomic E-state index is 0.0236. The van der Waals surface area contributed by atoms with Gasteiger partial charge in [-0.15, -0.1) is 0 Å². The highest BCUT2D eigenvalue weighted by Gasteiger charge is 2.14. The van der Waals surface area contributed by atoms with Gasteiger partial charge in [0.25, 0.3) is 0 Å². The van der Waals surface area contributed by atoms with E-state index in [1.807, 2.05) is 42.5 Å². The van der Waals surface area contributed by atoms with Gasteiger partial charge in [-0.3, -0.25) is 0 Å². The maximum absolute atomic E-state index is 9.66. The number of rotatable bonds is 5. The monoisotopic (exact) mass is 354 g/mol. The van der Waals surface area contributed by atoms with Crippen LogP contribution in [0.1, 0.15) is 17.0 Å². The molecular formula is C16H16BrClO2. The highest BCUT2D eigenvalue weighted by molar-refractivity contribution is 9.10. The second-order valence-electron chi connectivity index (χ2n) is 4.59. The summed E-state index contributed by atoms with van der Waals surface area (Å²) in [6, 6.07) is 13.5. The fourth-order valence-corrected chi connectivity index (χ4v) is 2.73. The lowest BCUT2D eigenvalue weighted by Crippen LogP contribution is -2.08. The van der Waals surface area contributed by atoms with Gasteiger partial charge < -0.3 is 9.84 Å². The molecule has 0 radical (unpaired) electrons. The third-order valence-corrected chi connectivity index (χ3v) is 4.02. The Morgan fingerprint density at radius 1 is 1.20 bits per heavy atom. The Kier molecular flexibility index (Phi) is 5.46. The number of benzene rings is 2. The highest BCUT2D eigenvalue weighted by Crippen LogP contribution is 2.29. The Morgan fingerprint density at radius 3 is 2.50 bits per heavy atom. The van der Waals surface area contributed by atoms with Crippen molar-refractivity contribution in [3.8, 4) is 5.75 Å². The molecule has 0 aliphatic heterocycles. The van der Waals surface area contributed by atoms with Crippen LogP contribution in [0.3, 0.4) is 0 Å². The van der Waals surface area contributed by atoms with Gasteiger partial charge in [-0.05, 0) is 47.9 Å². The van der Waals surface area contributed by atoms with Crippen molar-refractivity contribution in [3.05, 3.63) is 63.1 Å². The molecule has 2 aromatic rings. The number of hydrogen-bond donors (Lipinski definition) is 1. The quantitative estimate of drug-likeness (QED) is 0.860. The second kappa shape index (κ2) is 7.11. The van der Waals surface area contributed by atoms with Crippen LogP contribution in [0.4, 0.5) is 0 Å². The molecule has 0 saturated carbocycles. The van der Waals surface area contributed by atoms with E-state index in [-0.39, 0.29) is 12.5 Å². The van der Waals surface area contributed by atoms with E-state index in [4.69, 9.17) is 16.3 Å². The first-order valence-electron chi connectivity index (χ1n) is 6.32. The topological polar surface area (TPSA) is 29.5 Å². The summed E-state index contributed by atoms with van der Waals surface area (Å²) < 4.78 is 6.38. The minimum Gasteiger partial charge on any atom is -0.496 e. The normalized spacial score (nSPS) is 12.2. The van der Waals surface area contributed by atoms with Crippen molar-refractivity contribution < 1.29 is 9.84 Å². The maximum Gasteiger partial charge on any atom is 0.122 e. The zero-order valence-electron chi connectivity index (χ0n) is 11.1. The second-order valence-corrected chi connectivity index (χ2v) is 5.94. The van der Waals surface area contributed by atoms with Gasteiger partial charge in [-0.25, -0.2) is 0 Å². The first-order valence-corrected chi connectivity index (χ1v) is 7.50. The average Bonchev–Trinajstić information content (AvgIpc) is 2.46. The molecule has 0 bridgehead atoms. The fraction of sp³-hybridized carbons (Fsp3) is 0.250. The molecule has 0 amide bonds. The van der Waals surface area contributed by atoms with Crippen molar-refractivity contribution in [2.45, 2.75) is 12.3 Å². The number of halogens is 2. The SMILES string of the molecule is COc1ccc(Br)cc1CC(CO)c1ccc(Cl)cc1. The van der Waals surface area contributed by atoms with Gasteiger partial charge in [0.15, 0.2) is 0 Å². The molecule has 0 aliphatic rings. The van der Waals surface area contributed by atoms with Gasteiger partial charge in [-0.1, -0.05) is 39.7 Å². The summed E-state index contributed by atoms with van der Waals surface area (Å²) in [4.78, 5) is 0. The van der Waals surface area contributed by atoms with Crippen LogP contribution >= 0.6 is 27.5 Å². The average molecular weight is 356 g/mol. The Balaban J connectivity index is 2.26. The Labute approximate surface area is 132 Å². The van der Waals surface area contributed by atoms with Crippen LogP contribution in [0.5, 0.6) is 5.75 Å². The van der Waals surface area contributed by atoms with E-state index in [2.05, 4.69) is 15.9 Å². The molecule has 106 valence electrons. The lowest BCUT2D eigenvalue weighted by Gasteiger charge is -2.17. The molecule has 1 atom stereocenters. The van der Waals surface area contributed by atoms with Crippen LogP contribution < -0.4 is 4.74 Å². The Morgan fingerprint density at radius 2 is 1.90 bits per heavy atom. The number of aliphatic hydroxyl groups is 1. The molecule has 2 nitrogen and oxygen atoms in total. The van der Waals surface area contributed by atoms with Crippen molar-refractivity contribution in [3.63, 3.8) is 0 Å². The molecule has 0 fully saturated rings. The van der Waals surface area contributed by atoms with Gasteiger partial charge in [-0.2, -0.15) is 0 Å². The molecule has 1 N–H and O–H groups in total. The van der Waals surface area contributed by atoms with Crippen LogP contribution in [0.15, 0.2) is 46.9 Å². The van der Waals surface area contributed by atoms with Gasteiger partial charge in [0.2, 0.25) is 0 Å². The van der Waals surface area contributed by atoms with E-state index in [1.54, 1.807) is 7.11 Å². The molecule has 2 aromatic carbocycles. The molecular weight excluding hydrogens is 340 g/mol. The summed E-state index contributed by atoms with van der Waals surface area (Å²) in [6.45, 7) is 0.0807. The molecule has 4 heteroatoms. The van der Waals surface area contributed by atoms with Crippen molar-refractivity contribution in [1.29, 1.82) is 0 Å². The van der Waals surface area contributed by atoms with Gasteiger partial charge >= 0.3 is 0 Å². The van der Waals surface area contributed by atoms with Gasteiger partial charge in [0.1, 0.15) is 5.75 Å². The maximum atomic E-state index is 9.66. The molecule has 0 aromatic heterocycles. The fourth-order valence-electron chi connectivity index (χ4n) is 2.19. The van der Waals surface area contributed by atoms with E-state index in [0.29, 0.717) is 11.4 Å². The number of aliphatic hydroxyl groups excluding tert-OH is 1. The molecule has 0 aliphatic carbocycles. The van der Waals surface area contributed by atoms with Crippen molar-refractivity contribution >= 4 is 27.5 Å². The third-order valence-electron chi connectivity index (χ3n) is 3.27. The highest BCUT2D eigenvalue weighted by atomic mass is 79.9. The van der Waals surface area contributed by atoms with Gasteiger partial charge in [0, 0.05) is 15.4 Å². The van der Waals surface area contributed by atoms with Crippen LogP contribution in [0, 0.1) is 0 Å². The summed E-state index contributed by atoms with van der Waals surface area (Å²) in [5, 5.41) is 10.4. The van der Waals surface area contributed by atoms with E-state index < -0.39 is 0 Å². The van der Waals surface area contributed by atoms with E-state index >= 15 is 0 Å². The molecule has 20 heavy (non-hydrogen) atoms. The smallest absolute Gasteiger partial charge is 0.122 e.